The smallest absolute Gasteiger partial charge is 0.325 e. The van der Waals surface area contributed by atoms with Gasteiger partial charge in [-0.25, -0.2) is 0 Å². The quantitative estimate of drug-likeness (QED) is 0.249. The third-order valence-electron chi connectivity index (χ3n) is 3.19. The first-order chi connectivity index (χ1) is 11.5. The summed E-state index contributed by atoms with van der Waals surface area (Å²) in [6.07, 6.45) is -0.750. The number of carboxylic acids is 2. The van der Waals surface area contributed by atoms with Crippen LogP contribution in [0.15, 0.2) is 0 Å². The van der Waals surface area contributed by atoms with E-state index < -0.39 is 54.2 Å². The molecule has 0 unspecified atom stereocenters. The summed E-state index contributed by atoms with van der Waals surface area (Å²) in [6.45, 7) is 4.13. The molecule has 0 aromatic carbocycles. The molecule has 0 aliphatic rings. The fraction of sp³-hybridized carbons (Fsp3) is 0.643. The maximum Gasteiger partial charge on any atom is 0.325 e. The van der Waals surface area contributed by atoms with Gasteiger partial charge in [0.25, 0.3) is 0 Å². The van der Waals surface area contributed by atoms with Crippen LogP contribution in [0.25, 0.3) is 0 Å². The summed E-state index contributed by atoms with van der Waals surface area (Å²) in [5, 5.41) is 24.4. The van der Waals surface area contributed by atoms with Crippen LogP contribution in [0.4, 0.5) is 0 Å². The topological polar surface area (TPSA) is 188 Å². The molecular weight excluding hydrogens is 336 g/mol. The van der Waals surface area contributed by atoms with E-state index in [1.807, 2.05) is 0 Å². The van der Waals surface area contributed by atoms with Crippen LogP contribution in [-0.2, 0) is 24.0 Å². The summed E-state index contributed by atoms with van der Waals surface area (Å²) < 4.78 is 0. The molecule has 11 nitrogen and oxygen atoms in total. The second-order valence-corrected chi connectivity index (χ2v) is 5.72. The number of rotatable bonds is 10. The maximum atomic E-state index is 12.3. The van der Waals surface area contributed by atoms with Crippen LogP contribution in [-0.4, -0.2) is 64.5 Å². The van der Waals surface area contributed by atoms with E-state index in [2.05, 4.69) is 16.0 Å². The first kappa shape index (κ1) is 22.3. The summed E-state index contributed by atoms with van der Waals surface area (Å²) in [7, 11) is 0. The number of hydrogen-bond acceptors (Lipinski definition) is 6. The molecule has 0 aromatic rings. The number of carbonyl (C=O) groups is 5. The number of nitrogens with one attached hydrogen (secondary N) is 3. The minimum absolute atomic E-state index is 0.342. The van der Waals surface area contributed by atoms with Crippen molar-refractivity contribution in [2.45, 2.75) is 45.3 Å². The van der Waals surface area contributed by atoms with Gasteiger partial charge in [-0.05, 0) is 12.8 Å². The molecular formula is C14H24N4O7. The molecule has 11 heteroatoms. The largest absolute Gasteiger partial charge is 0.481 e. The van der Waals surface area contributed by atoms with Gasteiger partial charge in [-0.2, -0.15) is 0 Å². The van der Waals surface area contributed by atoms with Crippen molar-refractivity contribution in [3.8, 4) is 0 Å². The van der Waals surface area contributed by atoms with Gasteiger partial charge in [-0.1, -0.05) is 13.8 Å². The Morgan fingerprint density at radius 2 is 1.48 bits per heavy atom. The average molecular weight is 360 g/mol. The SMILES string of the molecule is CC(C)[C@H](NC(=O)CN)C(=O)N[C@@H](CC(=O)O)C(=O)N[C@@H](C)C(=O)O. The highest BCUT2D eigenvalue weighted by Crippen LogP contribution is 2.04. The molecule has 0 bridgehead atoms. The van der Waals surface area contributed by atoms with E-state index in [1.54, 1.807) is 13.8 Å². The minimum Gasteiger partial charge on any atom is -0.481 e. The van der Waals surface area contributed by atoms with Crippen molar-refractivity contribution in [3.63, 3.8) is 0 Å². The van der Waals surface area contributed by atoms with Crippen molar-refractivity contribution >= 4 is 29.7 Å². The monoisotopic (exact) mass is 360 g/mol. The van der Waals surface area contributed by atoms with Gasteiger partial charge >= 0.3 is 11.9 Å². The Kier molecular flexibility index (Phi) is 9.13. The predicted molar refractivity (Wildman–Crippen MR) is 85.2 cm³/mol. The van der Waals surface area contributed by atoms with Gasteiger partial charge in [0.05, 0.1) is 13.0 Å². The Morgan fingerprint density at radius 3 is 1.88 bits per heavy atom. The molecule has 0 heterocycles. The van der Waals surface area contributed by atoms with Crippen molar-refractivity contribution in [1.29, 1.82) is 0 Å². The van der Waals surface area contributed by atoms with Crippen LogP contribution in [0.3, 0.4) is 0 Å². The van der Waals surface area contributed by atoms with Gasteiger partial charge in [-0.15, -0.1) is 0 Å². The highest BCUT2D eigenvalue weighted by molar-refractivity contribution is 5.95. The molecule has 0 spiro atoms. The van der Waals surface area contributed by atoms with Gasteiger partial charge in [0.15, 0.2) is 0 Å². The van der Waals surface area contributed by atoms with E-state index >= 15 is 0 Å². The number of hydrogen-bond donors (Lipinski definition) is 6. The van der Waals surface area contributed by atoms with Gasteiger partial charge < -0.3 is 31.9 Å². The van der Waals surface area contributed by atoms with Gasteiger partial charge in [-0.3, -0.25) is 24.0 Å². The van der Waals surface area contributed by atoms with Crippen molar-refractivity contribution < 1.29 is 34.2 Å². The molecule has 0 saturated carbocycles. The summed E-state index contributed by atoms with van der Waals surface area (Å²) >= 11 is 0. The average Bonchev–Trinajstić information content (AvgIpc) is 2.50. The van der Waals surface area contributed by atoms with Crippen LogP contribution in [0, 0.1) is 5.92 Å². The minimum atomic E-state index is -1.50. The van der Waals surface area contributed by atoms with Gasteiger partial charge in [0.1, 0.15) is 18.1 Å². The zero-order valence-corrected chi connectivity index (χ0v) is 14.2. The molecule has 3 atom stereocenters. The number of amides is 3. The fourth-order valence-electron chi connectivity index (χ4n) is 1.79. The lowest BCUT2D eigenvalue weighted by atomic mass is 10.0. The second kappa shape index (κ2) is 10.2. The summed E-state index contributed by atoms with van der Waals surface area (Å²) in [6, 6.07) is -3.79. The van der Waals surface area contributed by atoms with E-state index in [4.69, 9.17) is 15.9 Å². The van der Waals surface area contributed by atoms with E-state index in [0.717, 1.165) is 0 Å². The molecule has 0 saturated heterocycles. The van der Waals surface area contributed by atoms with Crippen LogP contribution in [0.1, 0.15) is 27.2 Å². The Balaban J connectivity index is 5.18. The Labute approximate surface area is 144 Å². The first-order valence-electron chi connectivity index (χ1n) is 7.54. The molecule has 0 aliphatic carbocycles. The highest BCUT2D eigenvalue weighted by atomic mass is 16.4. The third kappa shape index (κ3) is 8.11. The lowest BCUT2D eigenvalue weighted by molar-refractivity contribution is -0.143. The lowest BCUT2D eigenvalue weighted by Crippen LogP contribution is -2.57. The van der Waals surface area contributed by atoms with Crippen LogP contribution in [0.2, 0.25) is 0 Å². The van der Waals surface area contributed by atoms with Crippen LogP contribution < -0.4 is 21.7 Å². The summed E-state index contributed by atoms with van der Waals surface area (Å²) in [4.78, 5) is 57.4. The van der Waals surface area contributed by atoms with Crippen molar-refractivity contribution in [2.75, 3.05) is 6.54 Å². The van der Waals surface area contributed by atoms with Crippen molar-refractivity contribution in [3.05, 3.63) is 0 Å². The zero-order chi connectivity index (χ0) is 19.7. The number of nitrogens with two attached hydrogens (primary N) is 1. The third-order valence-corrected chi connectivity index (χ3v) is 3.19. The Hall–Kier alpha value is -2.69. The van der Waals surface area contributed by atoms with E-state index in [0.29, 0.717) is 0 Å². The molecule has 3 amide bonds. The highest BCUT2D eigenvalue weighted by Gasteiger charge is 2.30. The molecule has 0 rings (SSSR count). The van der Waals surface area contributed by atoms with Gasteiger partial charge in [0.2, 0.25) is 17.7 Å². The Bertz CT molecular complexity index is 535. The maximum absolute atomic E-state index is 12.3. The Morgan fingerprint density at radius 1 is 0.920 bits per heavy atom. The molecule has 7 N–H and O–H groups in total. The molecule has 0 aliphatic heterocycles. The van der Waals surface area contributed by atoms with Crippen LogP contribution in [0.5, 0.6) is 0 Å². The second-order valence-electron chi connectivity index (χ2n) is 5.72. The molecule has 0 aromatic heterocycles. The summed E-state index contributed by atoms with van der Waals surface area (Å²) in [5.41, 5.74) is 5.18. The molecule has 0 fully saturated rings. The van der Waals surface area contributed by atoms with Gasteiger partial charge in [0, 0.05) is 0 Å². The van der Waals surface area contributed by atoms with Crippen molar-refractivity contribution in [1.82, 2.24) is 16.0 Å². The number of carboxylic acid groups (broad SMARTS) is 2. The molecule has 25 heavy (non-hydrogen) atoms. The van der Waals surface area contributed by atoms with E-state index in [9.17, 15) is 24.0 Å². The van der Waals surface area contributed by atoms with E-state index in [1.165, 1.54) is 6.92 Å². The normalized spacial score (nSPS) is 14.1. The fourth-order valence-corrected chi connectivity index (χ4v) is 1.79. The van der Waals surface area contributed by atoms with Crippen LogP contribution >= 0.6 is 0 Å². The molecule has 142 valence electrons. The standard InChI is InChI=1S/C14H24N4O7/c1-6(2)11(18-9(19)5-15)13(23)17-8(4-10(20)21)12(22)16-7(3)14(24)25/h6-8,11H,4-5,15H2,1-3H3,(H,16,22)(H,17,23)(H,18,19)(H,20,21)(H,24,25)/t7-,8-,11-/m0/s1. The number of aliphatic carboxylic acids is 2. The predicted octanol–water partition coefficient (Wildman–Crippen LogP) is -2.37. The van der Waals surface area contributed by atoms with Crippen molar-refractivity contribution in [2.24, 2.45) is 11.7 Å². The van der Waals surface area contributed by atoms with E-state index in [-0.39, 0.29) is 12.5 Å². The number of carbonyl (C=O) groups excluding carboxylic acids is 3. The zero-order valence-electron chi connectivity index (χ0n) is 14.2. The lowest BCUT2D eigenvalue weighted by Gasteiger charge is -2.25. The first-order valence-corrected chi connectivity index (χ1v) is 7.54. The molecule has 0 radical (unpaired) electrons. The summed E-state index contributed by atoms with van der Waals surface area (Å²) in [5.74, 6) is -5.37.